The Bertz CT molecular complexity index is 278. The minimum atomic E-state index is 0.751. The Balaban J connectivity index is 2.07. The van der Waals surface area contributed by atoms with E-state index in [9.17, 15) is 0 Å². The normalized spacial score (nSPS) is 10.9. The fraction of sp³-hybridized carbons (Fsp3) is 0.733. The molecule has 0 spiro atoms. The number of rotatable bonds is 10. The monoisotopic (exact) mass is 236 g/mol. The standard InChI is InChI=1S/C15H28N2/c1-2-3-4-5-6-7-8-13-17-14-9-10-15(17)11-12-16/h9-10,14H,2-8,11-13,16H2,1H3. The third-order valence-corrected chi connectivity index (χ3v) is 3.33. The van der Waals surface area contributed by atoms with E-state index in [1.54, 1.807) is 0 Å². The molecular formula is C15H28N2. The van der Waals surface area contributed by atoms with Crippen molar-refractivity contribution in [3.63, 3.8) is 0 Å². The van der Waals surface area contributed by atoms with Gasteiger partial charge in [-0.25, -0.2) is 0 Å². The fourth-order valence-corrected chi connectivity index (χ4v) is 2.28. The molecule has 0 aliphatic rings. The summed E-state index contributed by atoms with van der Waals surface area (Å²) >= 11 is 0. The minimum absolute atomic E-state index is 0.751. The van der Waals surface area contributed by atoms with Crippen molar-refractivity contribution in [1.82, 2.24) is 4.57 Å². The largest absolute Gasteiger partial charge is 0.351 e. The summed E-state index contributed by atoms with van der Waals surface area (Å²) in [7, 11) is 0. The van der Waals surface area contributed by atoms with Crippen molar-refractivity contribution in [3.8, 4) is 0 Å². The van der Waals surface area contributed by atoms with Gasteiger partial charge in [0.15, 0.2) is 0 Å². The zero-order valence-electron chi connectivity index (χ0n) is 11.3. The Morgan fingerprint density at radius 2 is 1.76 bits per heavy atom. The van der Waals surface area contributed by atoms with Gasteiger partial charge < -0.3 is 10.3 Å². The van der Waals surface area contributed by atoms with Crippen LogP contribution in [0.25, 0.3) is 0 Å². The highest BCUT2D eigenvalue weighted by Gasteiger charge is 1.99. The predicted molar refractivity (Wildman–Crippen MR) is 75.2 cm³/mol. The Kier molecular flexibility index (Phi) is 7.81. The first kappa shape index (κ1) is 14.3. The molecule has 0 aromatic carbocycles. The summed E-state index contributed by atoms with van der Waals surface area (Å²) in [6, 6.07) is 4.32. The summed E-state index contributed by atoms with van der Waals surface area (Å²) in [5.41, 5.74) is 6.99. The van der Waals surface area contributed by atoms with E-state index in [0.29, 0.717) is 0 Å². The van der Waals surface area contributed by atoms with Crippen LogP contribution in [0.5, 0.6) is 0 Å². The van der Waals surface area contributed by atoms with Crippen molar-refractivity contribution in [2.24, 2.45) is 5.73 Å². The molecule has 2 N–H and O–H groups in total. The van der Waals surface area contributed by atoms with Crippen LogP contribution in [0.3, 0.4) is 0 Å². The van der Waals surface area contributed by atoms with Gasteiger partial charge in [-0.2, -0.15) is 0 Å². The Morgan fingerprint density at radius 3 is 2.47 bits per heavy atom. The van der Waals surface area contributed by atoms with E-state index < -0.39 is 0 Å². The van der Waals surface area contributed by atoms with Crippen molar-refractivity contribution in [2.75, 3.05) is 6.54 Å². The van der Waals surface area contributed by atoms with Crippen molar-refractivity contribution < 1.29 is 0 Å². The lowest BCUT2D eigenvalue weighted by Crippen LogP contribution is -2.08. The van der Waals surface area contributed by atoms with Gasteiger partial charge in [-0.1, -0.05) is 45.4 Å². The summed E-state index contributed by atoms with van der Waals surface area (Å²) in [6.07, 6.45) is 12.8. The second-order valence-electron chi connectivity index (χ2n) is 4.85. The van der Waals surface area contributed by atoms with Gasteiger partial charge in [-0.3, -0.25) is 0 Å². The minimum Gasteiger partial charge on any atom is -0.351 e. The van der Waals surface area contributed by atoms with Crippen molar-refractivity contribution in [1.29, 1.82) is 0 Å². The van der Waals surface area contributed by atoms with Gasteiger partial charge in [-0.15, -0.1) is 0 Å². The summed E-state index contributed by atoms with van der Waals surface area (Å²) in [5, 5.41) is 0. The molecule has 2 heteroatoms. The average Bonchev–Trinajstić information content (AvgIpc) is 2.76. The Labute approximate surface area is 106 Å². The maximum atomic E-state index is 5.60. The van der Waals surface area contributed by atoms with Crippen LogP contribution in [0, 0.1) is 0 Å². The van der Waals surface area contributed by atoms with Crippen LogP contribution in [0.15, 0.2) is 18.3 Å². The first-order valence-corrected chi connectivity index (χ1v) is 7.22. The molecule has 1 rings (SSSR count). The molecule has 0 saturated heterocycles. The maximum Gasteiger partial charge on any atom is 0.0222 e. The lowest BCUT2D eigenvalue weighted by atomic mass is 10.1. The molecule has 0 bridgehead atoms. The second-order valence-corrected chi connectivity index (χ2v) is 4.85. The maximum absolute atomic E-state index is 5.60. The molecular weight excluding hydrogens is 208 g/mol. The highest BCUT2D eigenvalue weighted by atomic mass is 15.0. The quantitative estimate of drug-likeness (QED) is 0.616. The Morgan fingerprint density at radius 1 is 1.06 bits per heavy atom. The number of nitrogens with zero attached hydrogens (tertiary/aromatic N) is 1. The first-order chi connectivity index (χ1) is 8.38. The summed E-state index contributed by atoms with van der Waals surface area (Å²) < 4.78 is 2.36. The van der Waals surface area contributed by atoms with Crippen LogP contribution in [0.2, 0.25) is 0 Å². The van der Waals surface area contributed by atoms with E-state index in [4.69, 9.17) is 5.73 Å². The topological polar surface area (TPSA) is 30.9 Å². The fourth-order valence-electron chi connectivity index (χ4n) is 2.28. The highest BCUT2D eigenvalue weighted by molar-refractivity contribution is 5.07. The molecule has 98 valence electrons. The Hall–Kier alpha value is -0.760. The van der Waals surface area contributed by atoms with Crippen molar-refractivity contribution in [2.45, 2.75) is 64.8 Å². The summed E-state index contributed by atoms with van der Waals surface area (Å²) in [6.45, 7) is 4.18. The number of nitrogens with two attached hydrogens (primary N) is 1. The smallest absolute Gasteiger partial charge is 0.0222 e. The number of hydrogen-bond acceptors (Lipinski definition) is 1. The van der Waals surface area contributed by atoms with Gasteiger partial charge >= 0.3 is 0 Å². The second kappa shape index (κ2) is 9.29. The van der Waals surface area contributed by atoms with Gasteiger partial charge in [0.1, 0.15) is 0 Å². The van der Waals surface area contributed by atoms with Gasteiger partial charge in [-0.05, 0) is 31.5 Å². The predicted octanol–water partition coefficient (Wildman–Crippen LogP) is 3.74. The lowest BCUT2D eigenvalue weighted by molar-refractivity contribution is 0.542. The zero-order valence-corrected chi connectivity index (χ0v) is 11.3. The van der Waals surface area contributed by atoms with Gasteiger partial charge in [0.2, 0.25) is 0 Å². The van der Waals surface area contributed by atoms with E-state index in [1.807, 2.05) is 0 Å². The number of aryl methyl sites for hydroxylation is 1. The molecule has 0 atom stereocenters. The van der Waals surface area contributed by atoms with Gasteiger partial charge in [0.05, 0.1) is 0 Å². The third kappa shape index (κ3) is 5.92. The number of hydrogen-bond donors (Lipinski definition) is 1. The molecule has 0 aliphatic heterocycles. The summed E-state index contributed by atoms with van der Waals surface area (Å²) in [5.74, 6) is 0. The molecule has 0 fully saturated rings. The van der Waals surface area contributed by atoms with Crippen molar-refractivity contribution >= 4 is 0 Å². The molecule has 0 aliphatic carbocycles. The van der Waals surface area contributed by atoms with E-state index >= 15 is 0 Å². The zero-order chi connectivity index (χ0) is 12.3. The average molecular weight is 236 g/mol. The van der Waals surface area contributed by atoms with Gasteiger partial charge in [0.25, 0.3) is 0 Å². The van der Waals surface area contributed by atoms with Crippen LogP contribution in [-0.4, -0.2) is 11.1 Å². The van der Waals surface area contributed by atoms with Crippen LogP contribution >= 0.6 is 0 Å². The van der Waals surface area contributed by atoms with Gasteiger partial charge in [0, 0.05) is 18.4 Å². The first-order valence-electron chi connectivity index (χ1n) is 7.22. The molecule has 0 saturated carbocycles. The van der Waals surface area contributed by atoms with E-state index in [2.05, 4.69) is 29.8 Å². The molecule has 1 aromatic rings. The van der Waals surface area contributed by atoms with Crippen LogP contribution in [-0.2, 0) is 13.0 Å². The molecule has 0 radical (unpaired) electrons. The lowest BCUT2D eigenvalue weighted by Gasteiger charge is -2.08. The SMILES string of the molecule is CCCCCCCCCn1cccc1CCN. The molecule has 0 amide bonds. The molecule has 0 unspecified atom stereocenters. The van der Waals surface area contributed by atoms with Crippen LogP contribution < -0.4 is 5.73 Å². The third-order valence-electron chi connectivity index (χ3n) is 3.33. The van der Waals surface area contributed by atoms with Crippen molar-refractivity contribution in [3.05, 3.63) is 24.0 Å². The molecule has 2 nitrogen and oxygen atoms in total. The molecule has 1 aromatic heterocycles. The number of aromatic nitrogens is 1. The van der Waals surface area contributed by atoms with E-state index in [1.165, 1.54) is 50.6 Å². The van der Waals surface area contributed by atoms with Crippen LogP contribution in [0.1, 0.15) is 57.6 Å². The molecule has 1 heterocycles. The van der Waals surface area contributed by atoms with Crippen LogP contribution in [0.4, 0.5) is 0 Å². The van der Waals surface area contributed by atoms with E-state index in [0.717, 1.165) is 19.5 Å². The number of unbranched alkanes of at least 4 members (excludes halogenated alkanes) is 6. The summed E-state index contributed by atoms with van der Waals surface area (Å²) in [4.78, 5) is 0. The van der Waals surface area contributed by atoms with E-state index in [-0.39, 0.29) is 0 Å². The molecule has 17 heavy (non-hydrogen) atoms. The highest BCUT2D eigenvalue weighted by Crippen LogP contribution is 2.09.